The van der Waals surface area contributed by atoms with Gasteiger partial charge < -0.3 is 14.4 Å². The molecular weight excluding hydrogens is 469 g/mol. The van der Waals surface area contributed by atoms with Crippen molar-refractivity contribution in [2.75, 3.05) is 0 Å². The van der Waals surface area contributed by atoms with Crippen LogP contribution in [0, 0.1) is 26.2 Å². The van der Waals surface area contributed by atoms with Gasteiger partial charge in [0.25, 0.3) is 0 Å². The normalized spacial score (nSPS) is 9.50. The van der Waals surface area contributed by atoms with Crippen molar-refractivity contribution in [2.24, 2.45) is 11.8 Å². The summed E-state index contributed by atoms with van der Waals surface area (Å²) in [6.45, 7) is 27.4. The Hall–Kier alpha value is -0.736. The molecule has 0 saturated carbocycles. The molecular formula is C27H50N4Y-2. The second-order valence-corrected chi connectivity index (χ2v) is 9.25. The monoisotopic (exact) mass is 519 g/mol. The summed E-state index contributed by atoms with van der Waals surface area (Å²) in [5, 5.41) is 0. The molecule has 0 bridgehead atoms. The van der Waals surface area contributed by atoms with Crippen molar-refractivity contribution in [1.82, 2.24) is 19.9 Å². The van der Waals surface area contributed by atoms with Crippen LogP contribution in [-0.2, 0) is 45.6 Å². The van der Waals surface area contributed by atoms with Crippen molar-refractivity contribution >= 4 is 0 Å². The average Bonchev–Trinajstić information content (AvgIpc) is 2.67. The maximum atomic E-state index is 4.18. The minimum atomic E-state index is 0. The number of rotatable bonds is 4. The molecule has 0 aliphatic heterocycles. The molecule has 0 atom stereocenters. The summed E-state index contributed by atoms with van der Waals surface area (Å²) in [6, 6.07) is 4.09. The molecule has 32 heavy (non-hydrogen) atoms. The van der Waals surface area contributed by atoms with Crippen LogP contribution in [0.25, 0.3) is 0 Å². The minimum Gasteiger partial charge on any atom is -0.358 e. The minimum absolute atomic E-state index is 0. The molecule has 2 aromatic rings. The van der Waals surface area contributed by atoms with Gasteiger partial charge in [-0.2, -0.15) is 0 Å². The molecule has 0 aliphatic carbocycles. The SMILES string of the molecule is CC(C)C.CC(C)C.CCc1cc(C(C)C)ncn1.[CH2-]Cc1cc(C(C)C)ncn1.[CH3-].[Y]. The van der Waals surface area contributed by atoms with E-state index in [0.29, 0.717) is 11.8 Å². The van der Waals surface area contributed by atoms with Crippen LogP contribution < -0.4 is 0 Å². The number of aromatic nitrogens is 4. The maximum Gasteiger partial charge on any atom is 0.115 e. The van der Waals surface area contributed by atoms with Gasteiger partial charge in [-0.15, -0.1) is 6.42 Å². The zero-order valence-electron chi connectivity index (χ0n) is 23.1. The van der Waals surface area contributed by atoms with Crippen LogP contribution in [0.1, 0.15) is 111 Å². The van der Waals surface area contributed by atoms with E-state index in [-0.39, 0.29) is 40.1 Å². The molecule has 2 aromatic heterocycles. The van der Waals surface area contributed by atoms with Crippen LogP contribution in [0.2, 0.25) is 0 Å². The zero-order valence-corrected chi connectivity index (χ0v) is 25.9. The van der Waals surface area contributed by atoms with E-state index < -0.39 is 0 Å². The van der Waals surface area contributed by atoms with Crippen LogP contribution in [-0.4, -0.2) is 19.9 Å². The van der Waals surface area contributed by atoms with Gasteiger partial charge >= 0.3 is 0 Å². The standard InChI is InChI=1S/C9H14N2.C9H13N2.2C4H10.CH3.Y/c2*1-4-8-5-9(7(2)3)11-6-10-8;2*1-4(2)3;;/h5-7H,4H2,1-3H3;5-7H,1,4H2,2-3H3;2*4H,1-3H3;1H3;/q;-1;;;-1;. The van der Waals surface area contributed by atoms with E-state index in [1.807, 2.05) is 6.07 Å². The van der Waals surface area contributed by atoms with Crippen LogP contribution in [0.3, 0.4) is 0 Å². The van der Waals surface area contributed by atoms with Gasteiger partial charge in [-0.25, -0.2) is 19.9 Å². The fraction of sp³-hybridized carbons (Fsp3) is 0.630. The third-order valence-electron chi connectivity index (χ3n) is 3.29. The van der Waals surface area contributed by atoms with E-state index in [0.717, 1.165) is 47.5 Å². The smallest absolute Gasteiger partial charge is 0.115 e. The summed E-state index contributed by atoms with van der Waals surface area (Å²) in [7, 11) is 0. The van der Waals surface area contributed by atoms with Crippen LogP contribution in [0.5, 0.6) is 0 Å². The second-order valence-electron chi connectivity index (χ2n) is 9.25. The Morgan fingerprint density at radius 1 is 0.656 bits per heavy atom. The van der Waals surface area contributed by atoms with Gasteiger partial charge in [0.1, 0.15) is 12.7 Å². The van der Waals surface area contributed by atoms with Crippen LogP contribution in [0.4, 0.5) is 0 Å². The zero-order chi connectivity index (χ0) is 23.7. The van der Waals surface area contributed by atoms with Crippen molar-refractivity contribution in [3.63, 3.8) is 0 Å². The summed E-state index contributed by atoms with van der Waals surface area (Å²) in [5.74, 6) is 2.64. The molecule has 183 valence electrons. The van der Waals surface area contributed by atoms with E-state index in [1.165, 1.54) is 0 Å². The first kappa shape index (κ1) is 38.5. The molecule has 2 heterocycles. The molecule has 1 radical (unpaired) electrons. The van der Waals surface area contributed by atoms with Gasteiger partial charge in [0.15, 0.2) is 0 Å². The molecule has 0 aromatic carbocycles. The largest absolute Gasteiger partial charge is 0.358 e. The van der Waals surface area contributed by atoms with Gasteiger partial charge in [-0.1, -0.05) is 76.2 Å². The Morgan fingerprint density at radius 3 is 1.25 bits per heavy atom. The first-order chi connectivity index (χ1) is 13.9. The van der Waals surface area contributed by atoms with Crippen LogP contribution in [0.15, 0.2) is 24.8 Å². The number of aryl methyl sites for hydroxylation is 1. The molecule has 4 nitrogen and oxygen atoms in total. The first-order valence-corrected chi connectivity index (χ1v) is 11.3. The Kier molecular flexibility index (Phi) is 28.2. The molecule has 0 fully saturated rings. The molecule has 0 spiro atoms. The Morgan fingerprint density at radius 2 is 0.969 bits per heavy atom. The van der Waals surface area contributed by atoms with Crippen molar-refractivity contribution in [3.8, 4) is 0 Å². The van der Waals surface area contributed by atoms with E-state index in [4.69, 9.17) is 0 Å². The van der Waals surface area contributed by atoms with E-state index in [9.17, 15) is 0 Å². The molecule has 0 saturated heterocycles. The summed E-state index contributed by atoms with van der Waals surface area (Å²) in [4.78, 5) is 16.5. The summed E-state index contributed by atoms with van der Waals surface area (Å²) < 4.78 is 0. The topological polar surface area (TPSA) is 51.6 Å². The molecule has 2 rings (SSSR count). The van der Waals surface area contributed by atoms with Gasteiger partial charge in [0.2, 0.25) is 0 Å². The van der Waals surface area contributed by atoms with Gasteiger partial charge in [0.05, 0.1) is 0 Å². The Bertz CT molecular complexity index is 593. The third-order valence-corrected chi connectivity index (χ3v) is 3.29. The average molecular weight is 520 g/mol. The quantitative estimate of drug-likeness (QED) is 0.385. The van der Waals surface area contributed by atoms with E-state index >= 15 is 0 Å². The first-order valence-electron chi connectivity index (χ1n) is 11.3. The van der Waals surface area contributed by atoms with Crippen molar-refractivity contribution in [3.05, 3.63) is 61.9 Å². The van der Waals surface area contributed by atoms with Crippen molar-refractivity contribution in [1.29, 1.82) is 0 Å². The predicted octanol–water partition coefficient (Wildman–Crippen LogP) is 7.91. The second kappa shape index (κ2) is 23.4. The third kappa shape index (κ3) is 23.9. The molecule has 0 amide bonds. The van der Waals surface area contributed by atoms with Crippen LogP contribution >= 0.6 is 0 Å². The van der Waals surface area contributed by atoms with Crippen molar-refractivity contribution in [2.45, 2.75) is 101 Å². The van der Waals surface area contributed by atoms with E-state index in [2.05, 4.69) is 109 Å². The summed E-state index contributed by atoms with van der Waals surface area (Å²) in [5.41, 5.74) is 4.38. The van der Waals surface area contributed by atoms with Gasteiger partial charge in [0, 0.05) is 55.5 Å². The molecule has 0 unspecified atom stereocenters. The number of nitrogens with zero attached hydrogens (tertiary/aromatic N) is 4. The fourth-order valence-corrected chi connectivity index (χ4v) is 1.79. The van der Waals surface area contributed by atoms with Gasteiger partial charge in [-0.3, -0.25) is 0 Å². The molecule has 5 heteroatoms. The Balaban J connectivity index is -0.000000177. The maximum absolute atomic E-state index is 4.18. The molecule has 0 aliphatic rings. The van der Waals surface area contributed by atoms with Crippen molar-refractivity contribution < 1.29 is 32.7 Å². The Labute approximate surface area is 226 Å². The predicted molar refractivity (Wildman–Crippen MR) is 138 cm³/mol. The fourth-order valence-electron chi connectivity index (χ4n) is 1.79. The number of hydrogen-bond acceptors (Lipinski definition) is 4. The van der Waals surface area contributed by atoms with E-state index in [1.54, 1.807) is 12.7 Å². The summed E-state index contributed by atoms with van der Waals surface area (Å²) in [6.07, 6.45) is 4.98. The molecule has 0 N–H and O–H groups in total. The summed E-state index contributed by atoms with van der Waals surface area (Å²) >= 11 is 0. The number of hydrogen-bond donors (Lipinski definition) is 0. The van der Waals surface area contributed by atoms with Gasteiger partial charge in [-0.05, 0) is 42.2 Å².